The summed E-state index contributed by atoms with van der Waals surface area (Å²) in [4.78, 5) is 0. The predicted octanol–water partition coefficient (Wildman–Crippen LogP) is 4.19. The van der Waals surface area contributed by atoms with Gasteiger partial charge in [-0.1, -0.05) is 36.7 Å². The van der Waals surface area contributed by atoms with Crippen LogP contribution in [0.2, 0.25) is 0 Å². The minimum absolute atomic E-state index is 0.460. The second-order valence-electron chi connectivity index (χ2n) is 4.35. The van der Waals surface area contributed by atoms with Crippen LogP contribution in [0.4, 0.5) is 0 Å². The molecule has 0 nitrogen and oxygen atoms in total. The lowest BCUT2D eigenvalue weighted by atomic mass is 9.79. The van der Waals surface area contributed by atoms with E-state index < -0.39 is 0 Å². The van der Waals surface area contributed by atoms with Crippen LogP contribution in [0, 0.1) is 11.3 Å². The first-order valence-corrected chi connectivity index (χ1v) is 7.08. The summed E-state index contributed by atoms with van der Waals surface area (Å²) in [7, 11) is 0. The second-order valence-corrected chi connectivity index (χ2v) is 5.99. The number of rotatable bonds is 5. The molecule has 0 amide bonds. The van der Waals surface area contributed by atoms with Crippen molar-refractivity contribution in [2.24, 2.45) is 11.3 Å². The first kappa shape index (κ1) is 12.8. The average Bonchev–Trinajstić information content (AvgIpc) is 1.95. The lowest BCUT2D eigenvalue weighted by Gasteiger charge is -2.29. The van der Waals surface area contributed by atoms with Gasteiger partial charge in [0.1, 0.15) is 0 Å². The zero-order valence-electron chi connectivity index (χ0n) is 8.69. The first-order valence-electron chi connectivity index (χ1n) is 4.57. The van der Waals surface area contributed by atoms with Gasteiger partial charge in [-0.3, -0.25) is 0 Å². The Kier molecular flexibility index (Phi) is 6.75. The minimum Gasteiger partial charge on any atom is -0.165 e. The third-order valence-electron chi connectivity index (χ3n) is 2.31. The van der Waals surface area contributed by atoms with Crippen LogP contribution in [-0.4, -0.2) is 17.3 Å². The fourth-order valence-corrected chi connectivity index (χ4v) is 2.97. The fraction of sp³-hybridized carbons (Fsp3) is 1.00. The zero-order chi connectivity index (χ0) is 9.61. The van der Waals surface area contributed by atoms with Gasteiger partial charge >= 0.3 is 0 Å². The van der Waals surface area contributed by atoms with Crippen LogP contribution in [0.25, 0.3) is 0 Å². The van der Waals surface area contributed by atoms with E-state index in [0.717, 1.165) is 11.2 Å². The highest BCUT2D eigenvalue weighted by Gasteiger charge is 2.22. The maximum atomic E-state index is 3.60. The van der Waals surface area contributed by atoms with E-state index in [1.165, 1.54) is 18.6 Å². The molecule has 0 bridgehead atoms. The zero-order valence-corrected chi connectivity index (χ0v) is 11.1. The van der Waals surface area contributed by atoms with Crippen molar-refractivity contribution < 1.29 is 0 Å². The summed E-state index contributed by atoms with van der Waals surface area (Å²) in [5.41, 5.74) is 0.460. The van der Waals surface area contributed by atoms with E-state index in [0.29, 0.717) is 5.41 Å². The lowest BCUT2D eigenvalue weighted by Crippen LogP contribution is -2.21. The maximum absolute atomic E-state index is 3.60. The van der Waals surface area contributed by atoms with Crippen LogP contribution in [-0.2, 0) is 0 Å². The van der Waals surface area contributed by atoms with Crippen LogP contribution in [0.5, 0.6) is 0 Å². The van der Waals surface area contributed by atoms with Crippen LogP contribution in [0.1, 0.15) is 33.6 Å². The van der Waals surface area contributed by atoms with E-state index in [-0.39, 0.29) is 0 Å². The molecule has 0 aromatic carbocycles. The van der Waals surface area contributed by atoms with Gasteiger partial charge in [0.25, 0.3) is 0 Å². The molecule has 74 valence electrons. The summed E-state index contributed by atoms with van der Waals surface area (Å²) < 4.78 is 0. The summed E-state index contributed by atoms with van der Waals surface area (Å²) in [6, 6.07) is 0. The second kappa shape index (κ2) is 6.31. The summed E-state index contributed by atoms with van der Waals surface area (Å²) >= 11 is 5.55. The van der Waals surface area contributed by atoms with Crippen LogP contribution < -0.4 is 0 Å². The quantitative estimate of drug-likeness (QED) is 0.523. The molecular formula is C10H21BrS. The molecule has 1 atom stereocenters. The molecule has 12 heavy (non-hydrogen) atoms. The van der Waals surface area contributed by atoms with Crippen LogP contribution in [0.3, 0.4) is 0 Å². The van der Waals surface area contributed by atoms with E-state index in [4.69, 9.17) is 0 Å². The molecule has 2 heteroatoms. The highest BCUT2D eigenvalue weighted by molar-refractivity contribution is 9.09. The summed E-state index contributed by atoms with van der Waals surface area (Å²) in [6.45, 7) is 6.99. The van der Waals surface area contributed by atoms with E-state index in [1.54, 1.807) is 0 Å². The fourth-order valence-electron chi connectivity index (χ4n) is 1.22. The summed E-state index contributed by atoms with van der Waals surface area (Å²) in [5.74, 6) is 2.13. The van der Waals surface area contributed by atoms with Crippen LogP contribution >= 0.6 is 27.7 Å². The Morgan fingerprint density at radius 1 is 1.33 bits per heavy atom. The number of thioether (sulfide) groups is 1. The molecule has 1 unspecified atom stereocenters. The summed E-state index contributed by atoms with van der Waals surface area (Å²) in [6.07, 6.45) is 4.89. The van der Waals surface area contributed by atoms with Gasteiger partial charge in [0.05, 0.1) is 0 Å². The summed E-state index contributed by atoms with van der Waals surface area (Å²) in [5, 5.41) is 1.14. The molecule has 0 aliphatic rings. The molecule has 0 spiro atoms. The first-order chi connectivity index (χ1) is 5.52. The van der Waals surface area contributed by atoms with Gasteiger partial charge in [0.2, 0.25) is 0 Å². The van der Waals surface area contributed by atoms with E-state index in [2.05, 4.69) is 43.0 Å². The van der Waals surface area contributed by atoms with Gasteiger partial charge in [0, 0.05) is 5.33 Å². The Bertz CT molecular complexity index is 107. The van der Waals surface area contributed by atoms with Crippen molar-refractivity contribution in [1.82, 2.24) is 0 Å². The third kappa shape index (κ3) is 5.47. The number of halogens is 1. The van der Waals surface area contributed by atoms with Gasteiger partial charge in [-0.25, -0.2) is 0 Å². The largest absolute Gasteiger partial charge is 0.165 e. The van der Waals surface area contributed by atoms with E-state index in [1.807, 2.05) is 11.8 Å². The van der Waals surface area contributed by atoms with Gasteiger partial charge in [0.15, 0.2) is 0 Å². The maximum Gasteiger partial charge on any atom is 0.00646 e. The van der Waals surface area contributed by atoms with Gasteiger partial charge in [-0.2, -0.15) is 11.8 Å². The van der Waals surface area contributed by atoms with Gasteiger partial charge in [-0.15, -0.1) is 0 Å². The molecule has 0 fully saturated rings. The normalized spacial score (nSPS) is 14.8. The Morgan fingerprint density at radius 3 is 2.25 bits per heavy atom. The molecule has 0 aromatic rings. The van der Waals surface area contributed by atoms with E-state index >= 15 is 0 Å². The molecule has 0 aromatic heterocycles. The Morgan fingerprint density at radius 2 is 1.92 bits per heavy atom. The molecular weight excluding hydrogens is 232 g/mol. The van der Waals surface area contributed by atoms with Crippen molar-refractivity contribution in [3.8, 4) is 0 Å². The van der Waals surface area contributed by atoms with Crippen LogP contribution in [0.15, 0.2) is 0 Å². The van der Waals surface area contributed by atoms with Gasteiger partial charge < -0.3 is 0 Å². The third-order valence-corrected chi connectivity index (χ3v) is 3.79. The monoisotopic (exact) mass is 252 g/mol. The van der Waals surface area contributed by atoms with Crippen molar-refractivity contribution in [3.05, 3.63) is 0 Å². The molecule has 0 radical (unpaired) electrons. The lowest BCUT2D eigenvalue weighted by molar-refractivity contribution is 0.252. The number of hydrogen-bond acceptors (Lipinski definition) is 1. The highest BCUT2D eigenvalue weighted by Crippen LogP contribution is 2.31. The topological polar surface area (TPSA) is 0 Å². The molecule has 0 heterocycles. The van der Waals surface area contributed by atoms with Crippen molar-refractivity contribution in [2.45, 2.75) is 33.6 Å². The smallest absolute Gasteiger partial charge is 0.00646 e. The molecule has 0 rings (SSSR count). The Labute approximate surface area is 90.0 Å². The predicted molar refractivity (Wildman–Crippen MR) is 64.4 cm³/mol. The Balaban J connectivity index is 3.68. The van der Waals surface area contributed by atoms with Crippen molar-refractivity contribution in [3.63, 3.8) is 0 Å². The van der Waals surface area contributed by atoms with Crippen molar-refractivity contribution in [1.29, 1.82) is 0 Å². The molecule has 0 aliphatic carbocycles. The molecule has 0 N–H and O–H groups in total. The Hall–Kier alpha value is 0.830. The molecule has 0 saturated heterocycles. The van der Waals surface area contributed by atoms with Gasteiger partial charge in [-0.05, 0) is 36.2 Å². The molecule has 0 aliphatic heterocycles. The van der Waals surface area contributed by atoms with Crippen molar-refractivity contribution >= 4 is 27.7 Å². The number of alkyl halides is 1. The molecule has 0 saturated carbocycles. The van der Waals surface area contributed by atoms with E-state index in [9.17, 15) is 0 Å². The standard InChI is InChI=1S/C10H21BrS/c1-10(2,3)9(8-11)6-5-7-12-4/h9H,5-8H2,1-4H3. The average molecular weight is 253 g/mol. The SMILES string of the molecule is CSCCCC(CBr)C(C)(C)C. The highest BCUT2D eigenvalue weighted by atomic mass is 79.9. The van der Waals surface area contributed by atoms with Crippen molar-refractivity contribution in [2.75, 3.05) is 17.3 Å². The minimum atomic E-state index is 0.460. The number of hydrogen-bond donors (Lipinski definition) is 0.